The Morgan fingerprint density at radius 2 is 2.25 bits per heavy atom. The number of nitrogens with one attached hydrogen (secondary N) is 2. The number of rotatable bonds is 7. The number of likely N-dealkylation sites (N-methyl/N-ethyl adjacent to an activating group) is 1. The van der Waals surface area contributed by atoms with Crippen molar-refractivity contribution in [3.05, 3.63) is 0 Å². The van der Waals surface area contributed by atoms with Gasteiger partial charge in [0.15, 0.2) is 0 Å². The first-order valence-corrected chi connectivity index (χ1v) is 4.30. The second-order valence-corrected chi connectivity index (χ2v) is 2.43. The maximum atomic E-state index is 10.9. The van der Waals surface area contributed by atoms with Crippen LogP contribution in [0.2, 0.25) is 0 Å². The Labute approximate surface area is 73.7 Å². The molecule has 0 aliphatic rings. The lowest BCUT2D eigenvalue weighted by Crippen LogP contribution is -2.33. The molecular weight excluding hydrogens is 156 g/mol. The van der Waals surface area contributed by atoms with E-state index in [4.69, 9.17) is 4.74 Å². The predicted molar refractivity (Wildman–Crippen MR) is 48.0 cm³/mol. The Kier molecular flexibility index (Phi) is 8.05. The zero-order valence-corrected chi connectivity index (χ0v) is 7.85. The SMILES string of the molecule is CCOCCCNC(=O)CNC. The zero-order chi connectivity index (χ0) is 9.23. The standard InChI is InChI=1S/C8H18N2O2/c1-3-12-6-4-5-10-8(11)7-9-2/h9H,3-7H2,1-2H3,(H,10,11). The molecule has 0 rings (SSSR count). The predicted octanol–water partition coefficient (Wildman–Crippen LogP) is -0.251. The molecule has 0 aliphatic heterocycles. The van der Waals surface area contributed by atoms with Crippen LogP contribution >= 0.6 is 0 Å². The molecule has 4 heteroatoms. The molecule has 0 radical (unpaired) electrons. The van der Waals surface area contributed by atoms with Crippen LogP contribution in [-0.4, -0.2) is 39.3 Å². The fourth-order valence-electron chi connectivity index (χ4n) is 0.769. The van der Waals surface area contributed by atoms with E-state index in [9.17, 15) is 4.79 Å². The normalized spacial score (nSPS) is 9.83. The van der Waals surface area contributed by atoms with E-state index in [-0.39, 0.29) is 5.91 Å². The molecule has 0 saturated heterocycles. The molecule has 2 N–H and O–H groups in total. The average Bonchev–Trinajstić information content (AvgIpc) is 2.05. The molecule has 0 heterocycles. The second kappa shape index (κ2) is 8.49. The summed E-state index contributed by atoms with van der Waals surface area (Å²) in [5.74, 6) is 0.0361. The topological polar surface area (TPSA) is 50.4 Å². The van der Waals surface area contributed by atoms with Gasteiger partial charge in [-0.2, -0.15) is 0 Å². The van der Waals surface area contributed by atoms with Crippen LogP contribution in [-0.2, 0) is 9.53 Å². The average molecular weight is 174 g/mol. The molecular formula is C8H18N2O2. The van der Waals surface area contributed by atoms with Crippen LogP contribution in [0.3, 0.4) is 0 Å². The number of ether oxygens (including phenoxy) is 1. The van der Waals surface area contributed by atoms with Crippen molar-refractivity contribution >= 4 is 5.91 Å². The highest BCUT2D eigenvalue weighted by Crippen LogP contribution is 1.79. The molecule has 0 bridgehead atoms. The fraction of sp³-hybridized carbons (Fsp3) is 0.875. The van der Waals surface area contributed by atoms with Crippen LogP contribution in [0.25, 0.3) is 0 Å². The minimum Gasteiger partial charge on any atom is -0.382 e. The highest BCUT2D eigenvalue weighted by molar-refractivity contribution is 5.77. The lowest BCUT2D eigenvalue weighted by atomic mass is 10.4. The van der Waals surface area contributed by atoms with Crippen LogP contribution < -0.4 is 10.6 Å². The Morgan fingerprint density at radius 3 is 2.83 bits per heavy atom. The van der Waals surface area contributed by atoms with Gasteiger partial charge in [-0.25, -0.2) is 0 Å². The molecule has 0 aromatic carbocycles. The Bertz CT molecular complexity index is 118. The van der Waals surface area contributed by atoms with Crippen molar-refractivity contribution in [2.75, 3.05) is 33.4 Å². The summed E-state index contributed by atoms with van der Waals surface area (Å²) in [6.07, 6.45) is 0.878. The summed E-state index contributed by atoms with van der Waals surface area (Å²) in [5, 5.41) is 5.54. The van der Waals surface area contributed by atoms with Crippen molar-refractivity contribution in [3.63, 3.8) is 0 Å². The number of carbonyl (C=O) groups excluding carboxylic acids is 1. The maximum Gasteiger partial charge on any atom is 0.233 e. The highest BCUT2D eigenvalue weighted by atomic mass is 16.5. The third-order valence-corrected chi connectivity index (χ3v) is 1.33. The largest absolute Gasteiger partial charge is 0.382 e. The molecule has 72 valence electrons. The van der Waals surface area contributed by atoms with E-state index in [0.29, 0.717) is 13.1 Å². The lowest BCUT2D eigenvalue weighted by molar-refractivity contribution is -0.120. The Balaban J connectivity index is 3.03. The number of hydrogen-bond donors (Lipinski definition) is 2. The Morgan fingerprint density at radius 1 is 1.50 bits per heavy atom. The van der Waals surface area contributed by atoms with Gasteiger partial charge in [0.25, 0.3) is 0 Å². The van der Waals surface area contributed by atoms with Crippen molar-refractivity contribution in [1.82, 2.24) is 10.6 Å². The number of amides is 1. The van der Waals surface area contributed by atoms with Gasteiger partial charge in [0.2, 0.25) is 5.91 Å². The van der Waals surface area contributed by atoms with Gasteiger partial charge in [-0.1, -0.05) is 0 Å². The van der Waals surface area contributed by atoms with Crippen LogP contribution in [0, 0.1) is 0 Å². The van der Waals surface area contributed by atoms with Crippen molar-refractivity contribution in [1.29, 1.82) is 0 Å². The van der Waals surface area contributed by atoms with E-state index in [1.165, 1.54) is 0 Å². The molecule has 4 nitrogen and oxygen atoms in total. The number of carbonyl (C=O) groups is 1. The molecule has 0 fully saturated rings. The van der Waals surface area contributed by atoms with Crippen molar-refractivity contribution in [3.8, 4) is 0 Å². The van der Waals surface area contributed by atoms with Crippen molar-refractivity contribution in [2.24, 2.45) is 0 Å². The fourth-order valence-corrected chi connectivity index (χ4v) is 0.769. The summed E-state index contributed by atoms with van der Waals surface area (Å²) in [4.78, 5) is 10.9. The van der Waals surface area contributed by atoms with Crippen LogP contribution in [0.15, 0.2) is 0 Å². The highest BCUT2D eigenvalue weighted by Gasteiger charge is 1.96. The van der Waals surface area contributed by atoms with Gasteiger partial charge < -0.3 is 15.4 Å². The molecule has 0 unspecified atom stereocenters. The molecule has 0 saturated carbocycles. The molecule has 0 atom stereocenters. The molecule has 0 aromatic rings. The Hall–Kier alpha value is -0.610. The summed E-state index contributed by atoms with van der Waals surface area (Å²) in [6, 6.07) is 0. The number of hydrogen-bond acceptors (Lipinski definition) is 3. The first-order valence-electron chi connectivity index (χ1n) is 4.30. The first kappa shape index (κ1) is 11.4. The summed E-state index contributed by atoms with van der Waals surface area (Å²) >= 11 is 0. The van der Waals surface area contributed by atoms with E-state index < -0.39 is 0 Å². The van der Waals surface area contributed by atoms with E-state index in [1.807, 2.05) is 6.92 Å². The van der Waals surface area contributed by atoms with Gasteiger partial charge >= 0.3 is 0 Å². The van der Waals surface area contributed by atoms with Gasteiger partial charge in [0.1, 0.15) is 0 Å². The van der Waals surface area contributed by atoms with E-state index in [1.54, 1.807) is 7.05 Å². The molecule has 0 spiro atoms. The minimum atomic E-state index is 0.0361. The van der Waals surface area contributed by atoms with Crippen LogP contribution in [0.4, 0.5) is 0 Å². The van der Waals surface area contributed by atoms with E-state index in [0.717, 1.165) is 19.6 Å². The van der Waals surface area contributed by atoms with Gasteiger partial charge in [0, 0.05) is 19.8 Å². The zero-order valence-electron chi connectivity index (χ0n) is 7.85. The quantitative estimate of drug-likeness (QED) is 0.523. The van der Waals surface area contributed by atoms with Crippen LogP contribution in [0.5, 0.6) is 0 Å². The van der Waals surface area contributed by atoms with Crippen LogP contribution in [0.1, 0.15) is 13.3 Å². The summed E-state index contributed by atoms with van der Waals surface area (Å²) in [5.41, 5.74) is 0. The van der Waals surface area contributed by atoms with E-state index >= 15 is 0 Å². The monoisotopic (exact) mass is 174 g/mol. The van der Waals surface area contributed by atoms with Crippen molar-refractivity contribution in [2.45, 2.75) is 13.3 Å². The van der Waals surface area contributed by atoms with Gasteiger partial charge in [-0.05, 0) is 20.4 Å². The molecule has 0 aromatic heterocycles. The third kappa shape index (κ3) is 7.50. The van der Waals surface area contributed by atoms with Gasteiger partial charge in [0.05, 0.1) is 6.54 Å². The summed E-state index contributed by atoms with van der Waals surface area (Å²) in [7, 11) is 1.75. The third-order valence-electron chi connectivity index (χ3n) is 1.33. The lowest BCUT2D eigenvalue weighted by Gasteiger charge is -2.04. The molecule has 1 amide bonds. The second-order valence-electron chi connectivity index (χ2n) is 2.43. The van der Waals surface area contributed by atoms with Gasteiger partial charge in [-0.3, -0.25) is 4.79 Å². The molecule has 12 heavy (non-hydrogen) atoms. The summed E-state index contributed by atoms with van der Waals surface area (Å²) < 4.78 is 5.11. The summed E-state index contributed by atoms with van der Waals surface area (Å²) in [6.45, 7) is 4.50. The van der Waals surface area contributed by atoms with Crippen molar-refractivity contribution < 1.29 is 9.53 Å². The van der Waals surface area contributed by atoms with Gasteiger partial charge in [-0.15, -0.1) is 0 Å². The first-order chi connectivity index (χ1) is 5.81. The molecule has 0 aliphatic carbocycles. The minimum absolute atomic E-state index is 0.0361. The smallest absolute Gasteiger partial charge is 0.233 e. The van der Waals surface area contributed by atoms with E-state index in [2.05, 4.69) is 10.6 Å². The maximum absolute atomic E-state index is 10.9.